The monoisotopic (exact) mass is 233 g/mol. The van der Waals surface area contributed by atoms with Gasteiger partial charge >= 0.3 is 0 Å². The number of hydrogen-bond acceptors (Lipinski definition) is 3. The van der Waals surface area contributed by atoms with Gasteiger partial charge in [0.25, 0.3) is 0 Å². The van der Waals surface area contributed by atoms with E-state index in [0.717, 1.165) is 16.7 Å². The van der Waals surface area contributed by atoms with E-state index in [0.29, 0.717) is 0 Å². The molecule has 0 bridgehead atoms. The Labute approximate surface area is 99.7 Å². The van der Waals surface area contributed by atoms with Gasteiger partial charge in [0.15, 0.2) is 0 Å². The summed E-state index contributed by atoms with van der Waals surface area (Å²) in [5.41, 5.74) is 3.98. The van der Waals surface area contributed by atoms with Gasteiger partial charge in [-0.3, -0.25) is 5.10 Å². The highest BCUT2D eigenvalue weighted by molar-refractivity contribution is 7.98. The van der Waals surface area contributed by atoms with Crippen molar-refractivity contribution in [2.24, 2.45) is 0 Å². The molecule has 4 heteroatoms. The number of hydrogen-bond donors (Lipinski definition) is 1. The van der Waals surface area contributed by atoms with Crippen molar-refractivity contribution in [1.29, 1.82) is 0 Å². The Morgan fingerprint density at radius 2 is 2.06 bits per heavy atom. The van der Waals surface area contributed by atoms with Crippen LogP contribution in [-0.2, 0) is 5.75 Å². The molecule has 1 heterocycles. The fourth-order valence-electron chi connectivity index (χ4n) is 1.48. The summed E-state index contributed by atoms with van der Waals surface area (Å²) in [5.74, 6) is 1.79. The second-order valence-electron chi connectivity index (χ2n) is 3.92. The minimum atomic E-state index is 0.818. The summed E-state index contributed by atoms with van der Waals surface area (Å²) in [5, 5.41) is 7.78. The molecule has 0 aliphatic rings. The minimum Gasteiger partial charge on any atom is -0.262 e. The fraction of sp³-hybridized carbons (Fsp3) is 0.333. The molecule has 0 aliphatic carbocycles. The average Bonchev–Trinajstić information content (AvgIpc) is 2.66. The standard InChI is InChI=1S/C12H15N3S/c1-8-4-5-9(2)11(6-8)7-16-12-13-10(3)14-15-12/h4-6H,7H2,1-3H3,(H,13,14,15). The van der Waals surface area contributed by atoms with Crippen molar-refractivity contribution in [1.82, 2.24) is 15.2 Å². The molecule has 0 aliphatic heterocycles. The molecular weight excluding hydrogens is 218 g/mol. The maximum absolute atomic E-state index is 4.27. The van der Waals surface area contributed by atoms with Crippen LogP contribution in [0.3, 0.4) is 0 Å². The van der Waals surface area contributed by atoms with Crippen LogP contribution >= 0.6 is 11.8 Å². The first kappa shape index (κ1) is 11.2. The third-order valence-electron chi connectivity index (χ3n) is 2.44. The largest absolute Gasteiger partial charge is 0.262 e. The Morgan fingerprint density at radius 1 is 1.25 bits per heavy atom. The first-order valence-corrected chi connectivity index (χ1v) is 6.21. The van der Waals surface area contributed by atoms with Crippen molar-refractivity contribution >= 4 is 11.8 Å². The molecule has 0 saturated heterocycles. The highest BCUT2D eigenvalue weighted by atomic mass is 32.2. The smallest absolute Gasteiger partial charge is 0.208 e. The number of aromatic nitrogens is 3. The molecule has 0 radical (unpaired) electrons. The number of nitrogens with one attached hydrogen (secondary N) is 1. The van der Waals surface area contributed by atoms with Crippen LogP contribution in [0, 0.1) is 20.8 Å². The number of nitrogens with zero attached hydrogens (tertiary/aromatic N) is 2. The van der Waals surface area contributed by atoms with E-state index in [9.17, 15) is 0 Å². The molecule has 0 saturated carbocycles. The van der Waals surface area contributed by atoms with Crippen LogP contribution in [-0.4, -0.2) is 15.2 Å². The lowest BCUT2D eigenvalue weighted by molar-refractivity contribution is 0.969. The van der Waals surface area contributed by atoms with Crippen LogP contribution in [0.4, 0.5) is 0 Å². The maximum Gasteiger partial charge on any atom is 0.208 e. The first-order valence-electron chi connectivity index (χ1n) is 5.23. The van der Waals surface area contributed by atoms with Crippen molar-refractivity contribution in [3.63, 3.8) is 0 Å². The maximum atomic E-state index is 4.27. The summed E-state index contributed by atoms with van der Waals surface area (Å²) in [4.78, 5) is 4.27. The van der Waals surface area contributed by atoms with E-state index in [1.54, 1.807) is 11.8 Å². The third kappa shape index (κ3) is 2.64. The van der Waals surface area contributed by atoms with Crippen LogP contribution in [0.1, 0.15) is 22.5 Å². The molecule has 2 rings (SSSR count). The second-order valence-corrected chi connectivity index (χ2v) is 4.86. The highest BCUT2D eigenvalue weighted by Gasteiger charge is 2.03. The van der Waals surface area contributed by atoms with Crippen molar-refractivity contribution in [3.8, 4) is 0 Å². The molecule has 0 fully saturated rings. The van der Waals surface area contributed by atoms with E-state index in [1.165, 1.54) is 16.7 Å². The molecule has 0 atom stereocenters. The zero-order chi connectivity index (χ0) is 11.5. The number of thioether (sulfide) groups is 1. The first-order chi connectivity index (χ1) is 7.65. The molecule has 1 aromatic heterocycles. The Balaban J connectivity index is 2.07. The van der Waals surface area contributed by atoms with Crippen LogP contribution in [0.15, 0.2) is 23.4 Å². The lowest BCUT2D eigenvalue weighted by Gasteiger charge is -2.04. The number of benzene rings is 1. The Kier molecular flexibility index (Phi) is 3.29. The van der Waals surface area contributed by atoms with Gasteiger partial charge in [-0.05, 0) is 31.9 Å². The fourth-order valence-corrected chi connectivity index (χ4v) is 2.39. The zero-order valence-corrected chi connectivity index (χ0v) is 10.6. The second kappa shape index (κ2) is 4.70. The van der Waals surface area contributed by atoms with Gasteiger partial charge in [-0.25, -0.2) is 4.98 Å². The van der Waals surface area contributed by atoms with E-state index in [-0.39, 0.29) is 0 Å². The van der Waals surface area contributed by atoms with E-state index >= 15 is 0 Å². The molecule has 0 spiro atoms. The van der Waals surface area contributed by atoms with Crippen molar-refractivity contribution in [2.75, 3.05) is 0 Å². The predicted molar refractivity (Wildman–Crippen MR) is 66.6 cm³/mol. The van der Waals surface area contributed by atoms with E-state index in [2.05, 4.69) is 47.2 Å². The number of aromatic amines is 1. The van der Waals surface area contributed by atoms with Gasteiger partial charge in [0, 0.05) is 5.75 Å². The number of aryl methyl sites for hydroxylation is 3. The van der Waals surface area contributed by atoms with Crippen LogP contribution < -0.4 is 0 Å². The summed E-state index contributed by atoms with van der Waals surface area (Å²) < 4.78 is 0. The summed E-state index contributed by atoms with van der Waals surface area (Å²) in [6, 6.07) is 6.52. The number of rotatable bonds is 3. The van der Waals surface area contributed by atoms with Gasteiger partial charge in [-0.2, -0.15) is 0 Å². The topological polar surface area (TPSA) is 41.6 Å². The van der Waals surface area contributed by atoms with E-state index < -0.39 is 0 Å². The van der Waals surface area contributed by atoms with Crippen molar-refractivity contribution in [2.45, 2.75) is 31.7 Å². The summed E-state index contributed by atoms with van der Waals surface area (Å²) in [6.45, 7) is 6.16. The predicted octanol–water partition coefficient (Wildman–Crippen LogP) is 3.02. The van der Waals surface area contributed by atoms with Gasteiger partial charge in [-0.1, -0.05) is 35.5 Å². The highest BCUT2D eigenvalue weighted by Crippen LogP contribution is 2.21. The molecule has 0 unspecified atom stereocenters. The van der Waals surface area contributed by atoms with E-state index in [4.69, 9.17) is 0 Å². The molecule has 16 heavy (non-hydrogen) atoms. The Hall–Kier alpha value is -1.29. The van der Waals surface area contributed by atoms with Crippen LogP contribution in [0.2, 0.25) is 0 Å². The summed E-state index contributed by atoms with van der Waals surface area (Å²) >= 11 is 1.66. The molecular formula is C12H15N3S. The molecule has 3 nitrogen and oxygen atoms in total. The zero-order valence-electron chi connectivity index (χ0n) is 9.74. The quantitative estimate of drug-likeness (QED) is 0.828. The SMILES string of the molecule is Cc1ccc(C)c(CSc2n[nH]c(C)n2)c1. The van der Waals surface area contributed by atoms with Crippen LogP contribution in [0.25, 0.3) is 0 Å². The molecule has 2 aromatic rings. The third-order valence-corrected chi connectivity index (χ3v) is 3.33. The average molecular weight is 233 g/mol. The van der Waals surface area contributed by atoms with Gasteiger partial charge in [0.2, 0.25) is 5.16 Å². The number of H-pyrrole nitrogens is 1. The molecule has 1 aromatic carbocycles. The van der Waals surface area contributed by atoms with Gasteiger partial charge in [0.1, 0.15) is 5.82 Å². The summed E-state index contributed by atoms with van der Waals surface area (Å²) in [7, 11) is 0. The minimum absolute atomic E-state index is 0.818. The van der Waals surface area contributed by atoms with Gasteiger partial charge in [-0.15, -0.1) is 5.10 Å². The molecule has 1 N–H and O–H groups in total. The Morgan fingerprint density at radius 3 is 2.75 bits per heavy atom. The van der Waals surface area contributed by atoms with Gasteiger partial charge in [0.05, 0.1) is 0 Å². The normalized spacial score (nSPS) is 10.7. The lowest BCUT2D eigenvalue weighted by atomic mass is 10.1. The summed E-state index contributed by atoms with van der Waals surface area (Å²) in [6.07, 6.45) is 0. The lowest BCUT2D eigenvalue weighted by Crippen LogP contribution is -1.88. The molecule has 84 valence electrons. The van der Waals surface area contributed by atoms with E-state index in [1.807, 2.05) is 6.92 Å². The Bertz CT molecular complexity index is 491. The van der Waals surface area contributed by atoms with Crippen molar-refractivity contribution < 1.29 is 0 Å². The molecule has 0 amide bonds. The van der Waals surface area contributed by atoms with Crippen LogP contribution in [0.5, 0.6) is 0 Å². The van der Waals surface area contributed by atoms with Crippen molar-refractivity contribution in [3.05, 3.63) is 40.7 Å². The van der Waals surface area contributed by atoms with Gasteiger partial charge < -0.3 is 0 Å².